The second-order valence-corrected chi connectivity index (χ2v) is 12.6. The quantitative estimate of drug-likeness (QED) is 0.0954. The normalized spacial score (nSPS) is 11.9. The van der Waals surface area contributed by atoms with Crippen molar-refractivity contribution in [3.63, 3.8) is 0 Å². The van der Waals surface area contributed by atoms with Crippen molar-refractivity contribution in [1.29, 1.82) is 0 Å². The van der Waals surface area contributed by atoms with E-state index in [1.807, 2.05) is 66.0 Å². The van der Waals surface area contributed by atoms with Crippen LogP contribution in [0.3, 0.4) is 0 Å². The summed E-state index contributed by atoms with van der Waals surface area (Å²) in [4.78, 5) is 32.0. The average Bonchev–Trinajstić information content (AvgIpc) is 3.89. The van der Waals surface area contributed by atoms with Gasteiger partial charge in [-0.05, 0) is 103 Å². The summed E-state index contributed by atoms with van der Waals surface area (Å²) in [6.45, 7) is 2.25. The van der Waals surface area contributed by atoms with Gasteiger partial charge in [0.1, 0.15) is 0 Å². The number of carbonyl (C=O) groups is 1. The van der Waals surface area contributed by atoms with Gasteiger partial charge in [0.2, 0.25) is 0 Å². The Balaban J connectivity index is 0.00000372. The topological polar surface area (TPSA) is 83.7 Å². The summed E-state index contributed by atoms with van der Waals surface area (Å²) in [6, 6.07) is 24.6. The number of hydrogen-bond acceptors (Lipinski definition) is 5. The zero-order valence-electron chi connectivity index (χ0n) is 26.1. The Hall–Kier alpha value is -4.39. The van der Waals surface area contributed by atoms with Crippen LogP contribution in [-0.2, 0) is 30.6 Å². The van der Waals surface area contributed by atoms with Gasteiger partial charge in [-0.3, -0.25) is 0 Å². The first-order valence-electron chi connectivity index (χ1n) is 15.5. The molecule has 8 heteroatoms. The van der Waals surface area contributed by atoms with E-state index in [0.29, 0.717) is 5.56 Å². The number of aromatic amines is 2. The van der Waals surface area contributed by atoms with Gasteiger partial charge in [0.15, 0.2) is 0 Å². The summed E-state index contributed by atoms with van der Waals surface area (Å²) in [5, 5.41) is 0. The molecule has 0 unspecified atom stereocenters. The molecule has 224 valence electrons. The molecule has 0 fully saturated rings. The molecule has 1 aromatic carbocycles. The summed E-state index contributed by atoms with van der Waals surface area (Å²) in [6.07, 6.45) is 14.3. The molecule has 6 nitrogen and oxygen atoms in total. The van der Waals surface area contributed by atoms with Gasteiger partial charge in [-0.1, -0.05) is 38.3 Å². The van der Waals surface area contributed by atoms with Crippen LogP contribution in [0.2, 0.25) is 0 Å². The molecular formula is C38H34N4O2SZn+2. The number of carbonyl (C=O) groups excluding carboxylic acids is 1. The second-order valence-electron chi connectivity index (χ2n) is 11.4. The molecule has 5 aromatic rings. The minimum absolute atomic E-state index is 0. The molecular weight excluding hydrogens is 642 g/mol. The van der Waals surface area contributed by atoms with Gasteiger partial charge in [0.25, 0.3) is 0 Å². The van der Waals surface area contributed by atoms with Gasteiger partial charge in [-0.2, -0.15) is 0 Å². The zero-order chi connectivity index (χ0) is 30.8. The van der Waals surface area contributed by atoms with E-state index in [1.165, 1.54) is 42.5 Å². The third-order valence-corrected chi connectivity index (χ3v) is 9.31. The third kappa shape index (κ3) is 6.74. The molecule has 0 aliphatic carbocycles. The number of benzene rings is 1. The minimum atomic E-state index is -0.362. The summed E-state index contributed by atoms with van der Waals surface area (Å²) in [5.74, 6) is -0.362. The number of ether oxygens (including phenoxy) is 1. The summed E-state index contributed by atoms with van der Waals surface area (Å²) >= 11 is 1.85. The van der Waals surface area contributed by atoms with Crippen molar-refractivity contribution in [1.82, 2.24) is 19.9 Å². The van der Waals surface area contributed by atoms with E-state index in [1.54, 1.807) is 0 Å². The SMILES string of the molecule is CCCCCCc1ccc(-c2cc3cc4nc(cc5ccc(cc6nc(c(-c7ccc(C(=O)OC)cc7)c2[nH]3)C=C6)[nH]5)C=C4)s1.[Zn+2]. The number of aryl methyl sites for hydroxylation is 1. The number of nitrogens with zero attached hydrogens (tertiary/aromatic N) is 2. The van der Waals surface area contributed by atoms with Crippen molar-refractivity contribution in [2.45, 2.75) is 39.0 Å². The third-order valence-electron chi connectivity index (χ3n) is 8.13. The maximum Gasteiger partial charge on any atom is 2.00 e. The van der Waals surface area contributed by atoms with Gasteiger partial charge in [-0.15, -0.1) is 11.3 Å². The molecule has 0 amide bonds. The number of esters is 1. The first-order valence-corrected chi connectivity index (χ1v) is 16.3. The van der Waals surface area contributed by atoms with Crippen molar-refractivity contribution in [3.05, 3.63) is 106 Å². The van der Waals surface area contributed by atoms with E-state index >= 15 is 0 Å². The number of unbranched alkanes of at least 4 members (excludes halogenated alkanes) is 3. The molecule has 0 saturated carbocycles. The van der Waals surface area contributed by atoms with Gasteiger partial charge in [0, 0.05) is 37.4 Å². The smallest absolute Gasteiger partial charge is 0.465 e. The predicted octanol–water partition coefficient (Wildman–Crippen LogP) is 9.96. The number of fused-ring (bicyclic) bond motifs is 8. The minimum Gasteiger partial charge on any atom is -0.465 e. The van der Waals surface area contributed by atoms with E-state index in [9.17, 15) is 4.79 Å². The van der Waals surface area contributed by atoms with Gasteiger partial charge in [0.05, 0.1) is 41.0 Å². The number of aromatic nitrogens is 4. The standard InChI is InChI=1S/C38H34N4O2S.Zn/c1-3-4-5-6-7-32-17-19-35(45-32)33-23-31-22-29-15-14-27(40-29)20-26-12-13-28(39-26)21-30-16-18-34(41-30)36(37(33)42-31)24-8-10-25(11-9-24)38(43)44-2;/h8-23,39,42H,3-7H2,1-2H3;/q;+2. The van der Waals surface area contributed by atoms with Crippen LogP contribution >= 0.6 is 11.3 Å². The largest absolute Gasteiger partial charge is 2.00 e. The molecule has 0 radical (unpaired) electrons. The molecule has 2 aliphatic heterocycles. The maximum atomic E-state index is 12.3. The van der Waals surface area contributed by atoms with E-state index in [0.717, 1.165) is 68.0 Å². The fourth-order valence-electron chi connectivity index (χ4n) is 5.87. The Labute approximate surface area is 285 Å². The van der Waals surface area contributed by atoms with Crippen LogP contribution in [-0.4, -0.2) is 33.0 Å². The molecule has 0 atom stereocenters. The van der Waals surface area contributed by atoms with E-state index in [4.69, 9.17) is 14.7 Å². The Morgan fingerprint density at radius 3 is 2.17 bits per heavy atom. The molecule has 2 aliphatic rings. The van der Waals surface area contributed by atoms with Gasteiger partial charge in [-0.25, -0.2) is 14.8 Å². The van der Waals surface area contributed by atoms with Crippen LogP contribution in [0.25, 0.3) is 67.9 Å². The molecule has 46 heavy (non-hydrogen) atoms. The number of methoxy groups -OCH3 is 1. The van der Waals surface area contributed by atoms with Crippen LogP contribution < -0.4 is 0 Å². The maximum absolute atomic E-state index is 12.3. The number of thiophene rings is 1. The van der Waals surface area contributed by atoms with Crippen molar-refractivity contribution in [2.75, 3.05) is 7.11 Å². The molecule has 8 bridgehead atoms. The van der Waals surface area contributed by atoms with E-state index < -0.39 is 0 Å². The fraction of sp³-hybridized carbons (Fsp3) is 0.184. The average molecular weight is 676 g/mol. The molecule has 0 saturated heterocycles. The van der Waals surface area contributed by atoms with E-state index in [-0.39, 0.29) is 25.4 Å². The first-order chi connectivity index (χ1) is 22.1. The van der Waals surface area contributed by atoms with Gasteiger partial charge >= 0.3 is 25.4 Å². The Morgan fingerprint density at radius 1 is 0.761 bits per heavy atom. The molecule has 0 spiro atoms. The van der Waals surface area contributed by atoms with Crippen molar-refractivity contribution < 1.29 is 29.0 Å². The molecule has 4 aromatic heterocycles. The second kappa shape index (κ2) is 13.9. The Kier molecular flexibility index (Phi) is 9.57. The number of nitrogens with one attached hydrogen (secondary N) is 2. The summed E-state index contributed by atoms with van der Waals surface area (Å²) < 4.78 is 4.96. The van der Waals surface area contributed by atoms with Gasteiger partial charge < -0.3 is 14.7 Å². The first kappa shape index (κ1) is 31.6. The monoisotopic (exact) mass is 674 g/mol. The number of H-pyrrole nitrogens is 2. The summed E-state index contributed by atoms with van der Waals surface area (Å²) in [5.41, 5.74) is 10.9. The van der Waals surface area contributed by atoms with Crippen LogP contribution in [0.5, 0.6) is 0 Å². The Bertz CT molecular complexity index is 2120. The molecule has 7 rings (SSSR count). The van der Waals surface area contributed by atoms with Crippen LogP contribution in [0.1, 0.15) is 70.6 Å². The number of rotatable bonds is 8. The van der Waals surface area contributed by atoms with E-state index in [2.05, 4.69) is 59.4 Å². The Morgan fingerprint density at radius 2 is 1.46 bits per heavy atom. The molecule has 2 N–H and O–H groups in total. The predicted molar refractivity (Wildman–Crippen MR) is 187 cm³/mol. The van der Waals surface area contributed by atoms with Crippen molar-refractivity contribution >= 4 is 63.7 Å². The van der Waals surface area contributed by atoms with Crippen LogP contribution in [0, 0.1) is 0 Å². The van der Waals surface area contributed by atoms with Crippen molar-refractivity contribution in [3.8, 4) is 21.6 Å². The number of hydrogen-bond donors (Lipinski definition) is 2. The van der Waals surface area contributed by atoms with Crippen molar-refractivity contribution in [2.24, 2.45) is 0 Å². The van der Waals surface area contributed by atoms with Crippen LogP contribution in [0.4, 0.5) is 0 Å². The van der Waals surface area contributed by atoms with Crippen LogP contribution in [0.15, 0.2) is 72.8 Å². The molecule has 6 heterocycles. The fourth-order valence-corrected chi connectivity index (χ4v) is 6.94. The summed E-state index contributed by atoms with van der Waals surface area (Å²) in [7, 11) is 1.40. The zero-order valence-corrected chi connectivity index (χ0v) is 29.9.